The van der Waals surface area contributed by atoms with Gasteiger partial charge in [0.05, 0.1) is 5.69 Å². The summed E-state index contributed by atoms with van der Waals surface area (Å²) >= 11 is 0. The van der Waals surface area contributed by atoms with Gasteiger partial charge in [0.1, 0.15) is 0 Å². The van der Waals surface area contributed by atoms with E-state index in [1.165, 1.54) is 39.0 Å². The fourth-order valence-electron chi connectivity index (χ4n) is 4.96. The highest BCUT2D eigenvalue weighted by Crippen LogP contribution is 2.47. The zero-order valence-corrected chi connectivity index (χ0v) is 16.8. The molecule has 3 nitrogen and oxygen atoms in total. The fourth-order valence-corrected chi connectivity index (χ4v) is 4.96. The van der Waals surface area contributed by atoms with Crippen LogP contribution in [0.4, 0.5) is 11.4 Å². The van der Waals surface area contributed by atoms with Crippen LogP contribution >= 0.6 is 0 Å². The summed E-state index contributed by atoms with van der Waals surface area (Å²) in [5.41, 5.74) is 15.8. The Hall–Kier alpha value is -3.33. The topological polar surface area (TPSA) is 54.2 Å². The first kappa shape index (κ1) is 17.7. The van der Waals surface area contributed by atoms with Crippen molar-refractivity contribution in [2.75, 3.05) is 5.73 Å². The molecular weight excluding hydrogens is 354 g/mol. The van der Waals surface area contributed by atoms with Crippen molar-refractivity contribution in [2.45, 2.75) is 32.1 Å². The highest BCUT2D eigenvalue weighted by atomic mass is 14.8. The van der Waals surface area contributed by atoms with E-state index >= 15 is 0 Å². The number of aromatic nitrogens is 1. The van der Waals surface area contributed by atoms with E-state index in [0.717, 1.165) is 17.8 Å². The van der Waals surface area contributed by atoms with Crippen LogP contribution in [0, 0.1) is 6.92 Å². The third-order valence-electron chi connectivity index (χ3n) is 6.23. The van der Waals surface area contributed by atoms with Crippen LogP contribution in [0.1, 0.15) is 41.1 Å². The molecule has 0 saturated carbocycles. The molecule has 3 N–H and O–H groups in total. The Bertz CT molecular complexity index is 1230. The third kappa shape index (κ3) is 2.94. The largest absolute Gasteiger partial charge is 0.399 e. The number of fused-ring (bicyclic) bond motifs is 2. The fraction of sp³-hybridized carbons (Fsp3) is 0.192. The number of nitrogens with one attached hydrogen (secondary N) is 1. The molecule has 2 atom stereocenters. The minimum Gasteiger partial charge on any atom is -0.399 e. The second-order valence-electron chi connectivity index (χ2n) is 8.01. The van der Waals surface area contributed by atoms with Crippen molar-refractivity contribution in [1.82, 2.24) is 4.98 Å². The second kappa shape index (κ2) is 6.93. The van der Waals surface area contributed by atoms with Crippen LogP contribution in [-0.4, -0.2) is 10.7 Å². The average molecular weight is 380 g/mol. The number of para-hydroxylation sites is 3. The molecule has 1 aliphatic rings. The number of aryl methyl sites for hydroxylation is 1. The molecule has 0 unspecified atom stereocenters. The highest BCUT2D eigenvalue weighted by Gasteiger charge is 2.35. The smallest absolute Gasteiger partial charge is 0.0668 e. The number of nitrogens with zero attached hydrogens (tertiary/aromatic N) is 1. The number of rotatable bonds is 4. The Kier molecular flexibility index (Phi) is 4.24. The first-order valence-corrected chi connectivity index (χ1v) is 10.2. The van der Waals surface area contributed by atoms with E-state index in [2.05, 4.69) is 79.5 Å². The van der Waals surface area contributed by atoms with Crippen molar-refractivity contribution in [2.24, 2.45) is 4.99 Å². The van der Waals surface area contributed by atoms with Crippen molar-refractivity contribution >= 4 is 28.0 Å². The molecule has 1 aromatic heterocycles. The quantitative estimate of drug-likeness (QED) is 0.403. The summed E-state index contributed by atoms with van der Waals surface area (Å²) in [6.07, 6.45) is 0.876. The van der Waals surface area contributed by atoms with Gasteiger partial charge >= 0.3 is 0 Å². The number of aromatic amines is 1. The molecule has 0 spiro atoms. The molecule has 0 bridgehead atoms. The van der Waals surface area contributed by atoms with Gasteiger partial charge in [-0.3, -0.25) is 4.99 Å². The molecule has 29 heavy (non-hydrogen) atoms. The molecule has 5 rings (SSSR count). The summed E-state index contributed by atoms with van der Waals surface area (Å²) < 4.78 is 0. The van der Waals surface area contributed by atoms with Gasteiger partial charge in [0.25, 0.3) is 0 Å². The number of hydrogen-bond donors (Lipinski definition) is 2. The van der Waals surface area contributed by atoms with Crippen LogP contribution in [0.15, 0.2) is 77.8 Å². The summed E-state index contributed by atoms with van der Waals surface area (Å²) in [4.78, 5) is 8.51. The molecule has 2 heterocycles. The molecule has 3 aromatic carbocycles. The van der Waals surface area contributed by atoms with Crippen LogP contribution in [0.5, 0.6) is 0 Å². The Balaban J connectivity index is 1.71. The number of benzene rings is 3. The first-order valence-electron chi connectivity index (χ1n) is 10.2. The van der Waals surface area contributed by atoms with Crippen LogP contribution in [0.2, 0.25) is 0 Å². The molecule has 3 heteroatoms. The molecule has 4 aromatic rings. The van der Waals surface area contributed by atoms with Crippen LogP contribution in [0.3, 0.4) is 0 Å². The van der Waals surface area contributed by atoms with Gasteiger partial charge in [0, 0.05) is 39.8 Å². The molecule has 0 radical (unpaired) electrons. The molecule has 1 aliphatic heterocycles. The van der Waals surface area contributed by atoms with E-state index in [1.807, 2.05) is 12.1 Å². The van der Waals surface area contributed by atoms with E-state index in [0.29, 0.717) is 0 Å². The Labute approximate surface area is 171 Å². The maximum atomic E-state index is 6.36. The monoisotopic (exact) mass is 379 g/mol. The van der Waals surface area contributed by atoms with Gasteiger partial charge in [0.2, 0.25) is 0 Å². The second-order valence-corrected chi connectivity index (χ2v) is 8.01. The van der Waals surface area contributed by atoms with Crippen LogP contribution in [-0.2, 0) is 6.42 Å². The Morgan fingerprint density at radius 2 is 1.66 bits per heavy atom. The number of hydrogen-bond acceptors (Lipinski definition) is 2. The van der Waals surface area contributed by atoms with Gasteiger partial charge in [0.15, 0.2) is 0 Å². The Morgan fingerprint density at radius 1 is 0.931 bits per heavy atom. The minimum atomic E-state index is 0.240. The summed E-state index contributed by atoms with van der Waals surface area (Å²) in [7, 11) is 0. The summed E-state index contributed by atoms with van der Waals surface area (Å²) in [6, 6.07) is 25.4. The number of nitrogen functional groups attached to an aromatic ring is 1. The van der Waals surface area contributed by atoms with Gasteiger partial charge in [-0.1, -0.05) is 54.6 Å². The maximum absolute atomic E-state index is 6.36. The lowest BCUT2D eigenvalue weighted by Gasteiger charge is -2.27. The van der Waals surface area contributed by atoms with E-state index in [1.54, 1.807) is 0 Å². The molecule has 0 amide bonds. The molecule has 144 valence electrons. The molecule has 0 saturated heterocycles. The third-order valence-corrected chi connectivity index (χ3v) is 6.23. The predicted octanol–water partition coefficient (Wildman–Crippen LogP) is 6.27. The zero-order chi connectivity index (χ0) is 20.0. The zero-order valence-electron chi connectivity index (χ0n) is 16.8. The highest BCUT2D eigenvalue weighted by molar-refractivity contribution is 5.98. The lowest BCUT2D eigenvalue weighted by atomic mass is 9.75. The van der Waals surface area contributed by atoms with Gasteiger partial charge < -0.3 is 10.7 Å². The van der Waals surface area contributed by atoms with Crippen molar-refractivity contribution in [3.05, 3.63) is 95.2 Å². The lowest BCUT2D eigenvalue weighted by Crippen LogP contribution is -2.19. The van der Waals surface area contributed by atoms with Gasteiger partial charge in [-0.05, 0) is 55.2 Å². The van der Waals surface area contributed by atoms with Crippen LogP contribution in [0.25, 0.3) is 10.9 Å². The molecule has 0 fully saturated rings. The number of H-pyrrole nitrogens is 1. The number of anilines is 1. The van der Waals surface area contributed by atoms with E-state index < -0.39 is 0 Å². The molecular formula is C26H25N3. The predicted molar refractivity (Wildman–Crippen MR) is 122 cm³/mol. The standard InChI is InChI=1S/C26H25N3/c1-16-25(19-10-4-7-13-23(19)28-16)21(15-18-9-3-6-12-22(18)27)26-17(2)29-24-14-8-5-11-20(24)26/h3-14,21,25,29H,15,27H2,1-2H3/t21-,25-/m1/s1. The normalized spacial score (nSPS) is 16.6. The van der Waals surface area contributed by atoms with Crippen molar-refractivity contribution in [3.8, 4) is 0 Å². The Morgan fingerprint density at radius 3 is 2.52 bits per heavy atom. The summed E-state index contributed by atoms with van der Waals surface area (Å²) in [5, 5.41) is 1.29. The van der Waals surface area contributed by atoms with Gasteiger partial charge in [-0.25, -0.2) is 0 Å². The van der Waals surface area contributed by atoms with Crippen molar-refractivity contribution in [3.63, 3.8) is 0 Å². The summed E-state index contributed by atoms with van der Waals surface area (Å²) in [6.45, 7) is 4.35. The van der Waals surface area contributed by atoms with Gasteiger partial charge in [-0.15, -0.1) is 0 Å². The van der Waals surface area contributed by atoms with Crippen molar-refractivity contribution < 1.29 is 0 Å². The number of aliphatic imine (C=N–C) groups is 1. The maximum Gasteiger partial charge on any atom is 0.0668 e. The minimum absolute atomic E-state index is 0.240. The molecule has 0 aliphatic carbocycles. The lowest BCUT2D eigenvalue weighted by molar-refractivity contribution is 0.646. The first-order chi connectivity index (χ1) is 14.1. The average Bonchev–Trinajstić information content (AvgIpc) is 3.23. The van der Waals surface area contributed by atoms with Gasteiger partial charge in [-0.2, -0.15) is 0 Å². The van der Waals surface area contributed by atoms with E-state index in [4.69, 9.17) is 10.7 Å². The van der Waals surface area contributed by atoms with E-state index in [9.17, 15) is 0 Å². The van der Waals surface area contributed by atoms with Crippen LogP contribution < -0.4 is 5.73 Å². The van der Waals surface area contributed by atoms with Crippen molar-refractivity contribution in [1.29, 1.82) is 0 Å². The number of nitrogens with two attached hydrogens (primary N) is 1. The van der Waals surface area contributed by atoms with E-state index in [-0.39, 0.29) is 11.8 Å². The SMILES string of the molecule is CC1=Nc2ccccc2[C@@H]1[C@@H](Cc1ccccc1N)c1c(C)[nH]c2ccccc12. The summed E-state index contributed by atoms with van der Waals surface area (Å²) in [5.74, 6) is 0.493.